The number of benzene rings is 1. The molecule has 0 saturated heterocycles. The van der Waals surface area contributed by atoms with Crippen LogP contribution in [-0.2, 0) is 11.2 Å². The van der Waals surface area contributed by atoms with Crippen molar-refractivity contribution in [2.45, 2.75) is 25.8 Å². The van der Waals surface area contributed by atoms with Gasteiger partial charge in [-0.1, -0.05) is 0 Å². The van der Waals surface area contributed by atoms with Gasteiger partial charge in [-0.25, -0.2) is 0 Å². The maximum absolute atomic E-state index is 10.6. The lowest BCUT2D eigenvalue weighted by Crippen LogP contribution is -2.31. The summed E-state index contributed by atoms with van der Waals surface area (Å²) in [5.41, 5.74) is 2.53. The van der Waals surface area contributed by atoms with Gasteiger partial charge in [0.25, 0.3) is 0 Å². The highest BCUT2D eigenvalue weighted by Gasteiger charge is 2.27. The van der Waals surface area contributed by atoms with Crippen LogP contribution in [0.5, 0.6) is 5.75 Å². The van der Waals surface area contributed by atoms with Gasteiger partial charge >= 0.3 is 0 Å². The van der Waals surface area contributed by atoms with Crippen molar-refractivity contribution in [1.82, 2.24) is 0 Å². The van der Waals surface area contributed by atoms with Crippen molar-refractivity contribution in [2.24, 2.45) is 0 Å². The Kier molecular flexibility index (Phi) is 3.13. The molecule has 1 aliphatic heterocycles. The molecular formula is C13H17NO2. The normalized spacial score (nSPS) is 18.4. The highest BCUT2D eigenvalue weighted by atomic mass is 16.5. The lowest BCUT2D eigenvalue weighted by molar-refractivity contribution is -0.108. The lowest BCUT2D eigenvalue weighted by Gasteiger charge is -2.24. The Morgan fingerprint density at radius 3 is 3.00 bits per heavy atom. The van der Waals surface area contributed by atoms with Gasteiger partial charge in [-0.15, -0.1) is 0 Å². The van der Waals surface area contributed by atoms with Crippen LogP contribution in [0.3, 0.4) is 0 Å². The third-order valence-corrected chi connectivity index (χ3v) is 3.20. The highest BCUT2D eigenvalue weighted by Crippen LogP contribution is 2.35. The molecule has 1 aromatic carbocycles. The van der Waals surface area contributed by atoms with Gasteiger partial charge in [0.15, 0.2) is 0 Å². The van der Waals surface area contributed by atoms with E-state index in [9.17, 15) is 4.79 Å². The number of hydrogen-bond donors (Lipinski definition) is 0. The van der Waals surface area contributed by atoms with E-state index in [0.717, 1.165) is 25.0 Å². The maximum atomic E-state index is 10.6. The first-order valence-corrected chi connectivity index (χ1v) is 5.67. The van der Waals surface area contributed by atoms with E-state index in [1.807, 2.05) is 6.07 Å². The molecule has 2 rings (SSSR count). The molecule has 0 aromatic heterocycles. The fraction of sp³-hybridized carbons (Fsp3) is 0.462. The quantitative estimate of drug-likeness (QED) is 0.726. The number of aldehydes is 1. The minimum absolute atomic E-state index is 0.324. The number of ether oxygens (including phenoxy) is 1. The molecule has 1 aromatic rings. The fourth-order valence-electron chi connectivity index (χ4n) is 2.44. The lowest BCUT2D eigenvalue weighted by atomic mass is 10.1. The molecule has 0 amide bonds. The maximum Gasteiger partial charge on any atom is 0.122 e. The smallest absolute Gasteiger partial charge is 0.122 e. The van der Waals surface area contributed by atoms with Crippen LogP contribution < -0.4 is 9.64 Å². The van der Waals surface area contributed by atoms with Crippen molar-refractivity contribution in [2.75, 3.05) is 18.6 Å². The van der Waals surface area contributed by atoms with E-state index in [2.05, 4.69) is 24.0 Å². The summed E-state index contributed by atoms with van der Waals surface area (Å²) in [5, 5.41) is 0. The summed E-state index contributed by atoms with van der Waals surface area (Å²) in [6, 6.07) is 6.46. The van der Waals surface area contributed by atoms with Crippen LogP contribution >= 0.6 is 0 Å². The average Bonchev–Trinajstić information content (AvgIpc) is 2.65. The molecule has 3 nitrogen and oxygen atoms in total. The zero-order chi connectivity index (χ0) is 11.5. The molecule has 1 unspecified atom stereocenters. The molecule has 86 valence electrons. The van der Waals surface area contributed by atoms with E-state index in [-0.39, 0.29) is 0 Å². The second-order valence-electron chi connectivity index (χ2n) is 4.04. The minimum Gasteiger partial charge on any atom is -0.497 e. The number of carbonyl (C=O) groups excluding carboxylic acids is 1. The number of carbonyl (C=O) groups is 1. The number of fused-ring (bicyclic) bond motifs is 1. The third-order valence-electron chi connectivity index (χ3n) is 3.20. The first kappa shape index (κ1) is 11.0. The van der Waals surface area contributed by atoms with E-state index in [4.69, 9.17) is 4.74 Å². The van der Waals surface area contributed by atoms with Crippen molar-refractivity contribution in [3.05, 3.63) is 23.8 Å². The van der Waals surface area contributed by atoms with Crippen LogP contribution in [0.1, 0.15) is 18.9 Å². The average molecular weight is 219 g/mol. The summed E-state index contributed by atoms with van der Waals surface area (Å²) in [5.74, 6) is 0.890. The van der Waals surface area contributed by atoms with E-state index in [0.29, 0.717) is 12.5 Å². The first-order valence-electron chi connectivity index (χ1n) is 5.67. The molecular weight excluding hydrogens is 202 g/mol. The zero-order valence-corrected chi connectivity index (χ0v) is 9.77. The molecule has 1 atom stereocenters. The predicted molar refractivity (Wildman–Crippen MR) is 64.2 cm³/mol. The molecule has 0 aliphatic carbocycles. The number of anilines is 1. The molecule has 16 heavy (non-hydrogen) atoms. The summed E-state index contributed by atoms with van der Waals surface area (Å²) in [7, 11) is 1.68. The number of methoxy groups -OCH3 is 1. The number of nitrogens with zero attached hydrogens (tertiary/aromatic N) is 1. The highest BCUT2D eigenvalue weighted by molar-refractivity contribution is 5.64. The molecule has 0 saturated carbocycles. The Labute approximate surface area is 96.0 Å². The van der Waals surface area contributed by atoms with Gasteiger partial charge in [0.1, 0.15) is 12.0 Å². The van der Waals surface area contributed by atoms with Crippen molar-refractivity contribution in [3.8, 4) is 5.75 Å². The monoisotopic (exact) mass is 219 g/mol. The van der Waals surface area contributed by atoms with Crippen LogP contribution in [0.15, 0.2) is 18.2 Å². The van der Waals surface area contributed by atoms with Crippen LogP contribution in [-0.4, -0.2) is 26.0 Å². The van der Waals surface area contributed by atoms with Gasteiger partial charge in [0.2, 0.25) is 0 Å². The standard InChI is InChI=1S/C13H17NO2/c1-3-14-11(6-7-15)8-10-9-12(16-2)4-5-13(10)14/h4-5,7,9,11H,3,6,8H2,1-2H3. The van der Waals surface area contributed by atoms with E-state index < -0.39 is 0 Å². The number of likely N-dealkylation sites (N-methyl/N-ethyl adjacent to an activating group) is 1. The number of hydrogen-bond acceptors (Lipinski definition) is 3. The summed E-state index contributed by atoms with van der Waals surface area (Å²) in [6.07, 6.45) is 2.56. The Morgan fingerprint density at radius 1 is 1.56 bits per heavy atom. The van der Waals surface area contributed by atoms with Crippen molar-refractivity contribution < 1.29 is 9.53 Å². The van der Waals surface area contributed by atoms with E-state index in [1.54, 1.807) is 7.11 Å². The van der Waals surface area contributed by atoms with Crippen molar-refractivity contribution in [1.29, 1.82) is 0 Å². The van der Waals surface area contributed by atoms with Gasteiger partial charge in [-0.3, -0.25) is 0 Å². The summed E-state index contributed by atoms with van der Waals surface area (Å²) in [4.78, 5) is 12.9. The van der Waals surface area contributed by atoms with Gasteiger partial charge in [-0.05, 0) is 37.1 Å². The predicted octanol–water partition coefficient (Wildman–Crippen LogP) is 2.04. The Bertz CT molecular complexity index is 390. The molecule has 0 spiro atoms. The number of rotatable bonds is 4. The Balaban J connectivity index is 2.30. The molecule has 0 bridgehead atoms. The van der Waals surface area contributed by atoms with Crippen molar-refractivity contribution >= 4 is 12.0 Å². The van der Waals surface area contributed by atoms with Crippen LogP contribution in [0.25, 0.3) is 0 Å². The third kappa shape index (κ3) is 1.77. The molecule has 1 heterocycles. The summed E-state index contributed by atoms with van der Waals surface area (Å²) >= 11 is 0. The van der Waals surface area contributed by atoms with Crippen LogP contribution in [0.2, 0.25) is 0 Å². The minimum atomic E-state index is 0.324. The summed E-state index contributed by atoms with van der Waals surface area (Å²) in [6.45, 7) is 3.06. The Morgan fingerprint density at radius 2 is 2.38 bits per heavy atom. The second kappa shape index (κ2) is 4.56. The van der Waals surface area contributed by atoms with Gasteiger partial charge < -0.3 is 14.4 Å². The molecule has 0 fully saturated rings. The molecule has 0 radical (unpaired) electrons. The van der Waals surface area contributed by atoms with Crippen LogP contribution in [0.4, 0.5) is 5.69 Å². The Hall–Kier alpha value is -1.51. The van der Waals surface area contributed by atoms with Crippen LogP contribution in [0, 0.1) is 0 Å². The fourth-order valence-corrected chi connectivity index (χ4v) is 2.44. The SMILES string of the molecule is CCN1c2ccc(OC)cc2CC1CC=O. The van der Waals surface area contributed by atoms with Gasteiger partial charge in [-0.2, -0.15) is 0 Å². The second-order valence-corrected chi connectivity index (χ2v) is 4.04. The van der Waals surface area contributed by atoms with Gasteiger partial charge in [0, 0.05) is 24.7 Å². The molecule has 1 aliphatic rings. The van der Waals surface area contributed by atoms with E-state index in [1.165, 1.54) is 11.3 Å². The molecule has 0 N–H and O–H groups in total. The van der Waals surface area contributed by atoms with Gasteiger partial charge in [0.05, 0.1) is 7.11 Å². The first-order chi connectivity index (χ1) is 7.80. The summed E-state index contributed by atoms with van der Waals surface area (Å²) < 4.78 is 5.22. The van der Waals surface area contributed by atoms with Crippen molar-refractivity contribution in [3.63, 3.8) is 0 Å². The molecule has 3 heteroatoms. The van der Waals surface area contributed by atoms with E-state index >= 15 is 0 Å². The largest absolute Gasteiger partial charge is 0.497 e. The topological polar surface area (TPSA) is 29.5 Å². The zero-order valence-electron chi connectivity index (χ0n) is 9.77.